The normalized spacial score (nSPS) is 21.6. The lowest BCUT2D eigenvalue weighted by Gasteiger charge is -2.30. The van der Waals surface area contributed by atoms with Crippen molar-refractivity contribution in [3.05, 3.63) is 71.8 Å². The van der Waals surface area contributed by atoms with Crippen LogP contribution in [-0.4, -0.2) is 18.8 Å². The fourth-order valence-corrected chi connectivity index (χ4v) is 3.00. The fourth-order valence-electron chi connectivity index (χ4n) is 3.00. The van der Waals surface area contributed by atoms with E-state index in [1.165, 1.54) is 0 Å². The number of hydrogen-bond donors (Lipinski definition) is 1. The second-order valence-electron chi connectivity index (χ2n) is 5.77. The number of ether oxygens (including phenoxy) is 2. The molecule has 2 N–H and O–H groups in total. The average Bonchev–Trinajstić information content (AvgIpc) is 3.03. The Kier molecular flexibility index (Phi) is 4.57. The molecule has 2 atom stereocenters. The lowest BCUT2D eigenvalue weighted by Crippen LogP contribution is -2.38. The molecule has 2 aromatic rings. The molecule has 1 fully saturated rings. The van der Waals surface area contributed by atoms with Crippen molar-refractivity contribution in [3.8, 4) is 0 Å². The maximum Gasteiger partial charge on any atom is 0.222 e. The maximum atomic E-state index is 6.39. The zero-order chi connectivity index (χ0) is 15.4. The summed E-state index contributed by atoms with van der Waals surface area (Å²) < 4.78 is 12.6. The Bertz CT molecular complexity index is 545. The van der Waals surface area contributed by atoms with Crippen molar-refractivity contribution in [1.82, 2.24) is 0 Å². The van der Waals surface area contributed by atoms with E-state index in [4.69, 9.17) is 15.2 Å². The second-order valence-corrected chi connectivity index (χ2v) is 5.77. The molecular weight excluding hydrogens is 274 g/mol. The Labute approximate surface area is 132 Å². The SMILES string of the molecule is CCC[C@H](N)[C@H]1COC(c2ccccc2)(c2ccccc2)O1. The van der Waals surface area contributed by atoms with Crippen LogP contribution in [0.2, 0.25) is 0 Å². The van der Waals surface area contributed by atoms with Gasteiger partial charge >= 0.3 is 0 Å². The van der Waals surface area contributed by atoms with Crippen LogP contribution in [-0.2, 0) is 15.3 Å². The van der Waals surface area contributed by atoms with E-state index in [0.717, 1.165) is 24.0 Å². The third-order valence-corrected chi connectivity index (χ3v) is 4.18. The van der Waals surface area contributed by atoms with Gasteiger partial charge in [-0.05, 0) is 6.42 Å². The molecule has 2 aromatic carbocycles. The lowest BCUT2D eigenvalue weighted by molar-refractivity contribution is -0.145. The minimum absolute atomic E-state index is 0.000649. The van der Waals surface area contributed by atoms with E-state index >= 15 is 0 Å². The van der Waals surface area contributed by atoms with Gasteiger partial charge in [-0.15, -0.1) is 0 Å². The minimum atomic E-state index is -0.849. The van der Waals surface area contributed by atoms with E-state index in [0.29, 0.717) is 6.61 Å². The van der Waals surface area contributed by atoms with E-state index in [1.54, 1.807) is 0 Å². The Morgan fingerprint density at radius 2 is 1.59 bits per heavy atom. The summed E-state index contributed by atoms with van der Waals surface area (Å²) in [7, 11) is 0. The molecule has 1 aliphatic heterocycles. The van der Waals surface area contributed by atoms with Gasteiger partial charge in [-0.25, -0.2) is 0 Å². The van der Waals surface area contributed by atoms with Crippen molar-refractivity contribution in [3.63, 3.8) is 0 Å². The van der Waals surface area contributed by atoms with Crippen LogP contribution in [0.5, 0.6) is 0 Å². The third-order valence-electron chi connectivity index (χ3n) is 4.18. The van der Waals surface area contributed by atoms with Gasteiger partial charge in [0.1, 0.15) is 6.10 Å². The monoisotopic (exact) mass is 297 g/mol. The molecule has 22 heavy (non-hydrogen) atoms. The Balaban J connectivity index is 1.96. The number of nitrogens with two attached hydrogens (primary N) is 1. The van der Waals surface area contributed by atoms with Gasteiger partial charge in [-0.2, -0.15) is 0 Å². The highest BCUT2D eigenvalue weighted by molar-refractivity contribution is 5.34. The topological polar surface area (TPSA) is 44.5 Å². The first-order chi connectivity index (χ1) is 10.8. The van der Waals surface area contributed by atoms with E-state index in [2.05, 4.69) is 6.92 Å². The molecule has 3 rings (SSSR count). The molecule has 1 aliphatic rings. The first-order valence-electron chi connectivity index (χ1n) is 7.94. The van der Waals surface area contributed by atoms with E-state index in [9.17, 15) is 0 Å². The van der Waals surface area contributed by atoms with Crippen molar-refractivity contribution in [1.29, 1.82) is 0 Å². The van der Waals surface area contributed by atoms with Crippen molar-refractivity contribution in [2.45, 2.75) is 37.7 Å². The predicted molar refractivity (Wildman–Crippen MR) is 87.4 cm³/mol. The van der Waals surface area contributed by atoms with Gasteiger partial charge in [0.2, 0.25) is 5.79 Å². The zero-order valence-electron chi connectivity index (χ0n) is 12.9. The predicted octanol–water partition coefficient (Wildman–Crippen LogP) is 3.43. The highest BCUT2D eigenvalue weighted by Crippen LogP contribution is 2.41. The minimum Gasteiger partial charge on any atom is -0.339 e. The molecule has 0 amide bonds. The highest BCUT2D eigenvalue weighted by atomic mass is 16.7. The smallest absolute Gasteiger partial charge is 0.222 e. The molecule has 116 valence electrons. The Hall–Kier alpha value is -1.68. The van der Waals surface area contributed by atoms with Gasteiger partial charge in [-0.1, -0.05) is 74.0 Å². The van der Waals surface area contributed by atoms with Gasteiger partial charge in [0, 0.05) is 17.2 Å². The molecule has 1 saturated heterocycles. The summed E-state index contributed by atoms with van der Waals surface area (Å²) in [6.07, 6.45) is 1.90. The van der Waals surface area contributed by atoms with E-state index in [1.807, 2.05) is 60.7 Å². The first kappa shape index (κ1) is 15.2. The summed E-state index contributed by atoms with van der Waals surface area (Å²) in [6.45, 7) is 2.66. The largest absolute Gasteiger partial charge is 0.339 e. The first-order valence-corrected chi connectivity index (χ1v) is 7.94. The van der Waals surface area contributed by atoms with Crippen LogP contribution >= 0.6 is 0 Å². The summed E-state index contributed by atoms with van der Waals surface area (Å²) in [6, 6.07) is 20.2. The van der Waals surface area contributed by atoms with Crippen molar-refractivity contribution in [2.24, 2.45) is 5.73 Å². The summed E-state index contributed by atoms with van der Waals surface area (Å²) >= 11 is 0. The third kappa shape index (κ3) is 2.80. The van der Waals surface area contributed by atoms with E-state index in [-0.39, 0.29) is 12.1 Å². The van der Waals surface area contributed by atoms with Crippen molar-refractivity contribution >= 4 is 0 Å². The highest BCUT2D eigenvalue weighted by Gasteiger charge is 2.46. The standard InChI is InChI=1S/C19H23NO2/c1-2-9-17(20)18-14-21-19(22-18,15-10-5-3-6-11-15)16-12-7-4-8-13-16/h3-8,10-13,17-18H,2,9,14,20H2,1H3/t17-,18+/m0/s1. The number of rotatable bonds is 5. The summed E-state index contributed by atoms with van der Waals surface area (Å²) in [5.74, 6) is -0.849. The molecule has 0 spiro atoms. The van der Waals surface area contributed by atoms with Gasteiger partial charge in [0.05, 0.1) is 6.61 Å². The molecule has 0 aliphatic carbocycles. The Morgan fingerprint density at radius 3 is 2.09 bits per heavy atom. The van der Waals surface area contributed by atoms with Gasteiger partial charge in [0.25, 0.3) is 0 Å². The average molecular weight is 297 g/mol. The van der Waals surface area contributed by atoms with Crippen LogP contribution < -0.4 is 5.73 Å². The zero-order valence-corrected chi connectivity index (χ0v) is 12.9. The quantitative estimate of drug-likeness (QED) is 0.919. The molecule has 0 saturated carbocycles. The van der Waals surface area contributed by atoms with Crippen LogP contribution in [0.1, 0.15) is 30.9 Å². The van der Waals surface area contributed by atoms with Gasteiger partial charge in [-0.3, -0.25) is 0 Å². The summed E-state index contributed by atoms with van der Waals surface area (Å²) in [4.78, 5) is 0. The number of hydrogen-bond acceptors (Lipinski definition) is 3. The summed E-state index contributed by atoms with van der Waals surface area (Å²) in [5, 5.41) is 0. The van der Waals surface area contributed by atoms with Crippen LogP contribution in [0.25, 0.3) is 0 Å². The summed E-state index contributed by atoms with van der Waals surface area (Å²) in [5.41, 5.74) is 8.28. The number of benzene rings is 2. The molecule has 0 radical (unpaired) electrons. The Morgan fingerprint density at radius 1 is 1.05 bits per heavy atom. The molecule has 0 aromatic heterocycles. The van der Waals surface area contributed by atoms with Crippen LogP contribution in [0, 0.1) is 0 Å². The molecular formula is C19H23NO2. The molecule has 0 unspecified atom stereocenters. The molecule has 3 nitrogen and oxygen atoms in total. The lowest BCUT2D eigenvalue weighted by atomic mass is 9.97. The van der Waals surface area contributed by atoms with Crippen molar-refractivity contribution < 1.29 is 9.47 Å². The molecule has 0 bridgehead atoms. The van der Waals surface area contributed by atoms with Crippen LogP contribution in [0.3, 0.4) is 0 Å². The van der Waals surface area contributed by atoms with Gasteiger partial charge in [0.15, 0.2) is 0 Å². The fraction of sp³-hybridized carbons (Fsp3) is 0.368. The second kappa shape index (κ2) is 6.61. The van der Waals surface area contributed by atoms with Crippen molar-refractivity contribution in [2.75, 3.05) is 6.61 Å². The van der Waals surface area contributed by atoms with E-state index < -0.39 is 5.79 Å². The van der Waals surface area contributed by atoms with Crippen LogP contribution in [0.15, 0.2) is 60.7 Å². The maximum absolute atomic E-state index is 6.39. The molecule has 3 heteroatoms. The van der Waals surface area contributed by atoms with Crippen LogP contribution in [0.4, 0.5) is 0 Å². The van der Waals surface area contributed by atoms with Gasteiger partial charge < -0.3 is 15.2 Å². The molecule has 1 heterocycles.